The Morgan fingerprint density at radius 2 is 0.710 bits per heavy atom. The van der Waals surface area contributed by atoms with E-state index in [-0.39, 0.29) is 0 Å². The Labute approximate surface area is 402 Å². The molecule has 0 fully saturated rings. The standard InChI is InChI=1S/C67H48N2/c1-41-26-32-45(33-27-41)67(46-34-28-42(2)29-35-46)59-22-8-5-16-53(59)66-54(21-13-23-60(66)67)65-51-19-11-17-47(43-30-36-63-57(38-43)49-14-6-9-24-61(49)68(63)3)55(51)40-56-48(18-12-20-52(56)65)44-31-37-64-58(39-44)50-15-7-10-25-62(50)69(64)4/h5-40H,1-4H3. The first-order valence-corrected chi connectivity index (χ1v) is 24.2. The van der Waals surface area contributed by atoms with Gasteiger partial charge in [-0.3, -0.25) is 0 Å². The smallest absolute Gasteiger partial charge is 0.0713 e. The first kappa shape index (κ1) is 39.7. The number of nitrogens with zero attached hydrogens (tertiary/aromatic N) is 2. The summed E-state index contributed by atoms with van der Waals surface area (Å²) in [6.45, 7) is 4.37. The van der Waals surface area contributed by atoms with Crippen molar-refractivity contribution in [1.82, 2.24) is 9.13 Å². The largest absolute Gasteiger partial charge is 0.344 e. The molecule has 0 spiro atoms. The van der Waals surface area contributed by atoms with Gasteiger partial charge in [0.05, 0.1) is 5.41 Å². The molecule has 1 aliphatic carbocycles. The molecule has 14 rings (SSSR count). The van der Waals surface area contributed by atoms with Gasteiger partial charge >= 0.3 is 0 Å². The van der Waals surface area contributed by atoms with Crippen molar-refractivity contribution < 1.29 is 0 Å². The summed E-state index contributed by atoms with van der Waals surface area (Å²) in [5.41, 5.74) is 22.1. The highest BCUT2D eigenvalue weighted by Crippen LogP contribution is 2.59. The second kappa shape index (κ2) is 14.8. The maximum absolute atomic E-state index is 2.50. The minimum Gasteiger partial charge on any atom is -0.344 e. The average molecular weight is 881 g/mol. The molecule has 0 saturated carbocycles. The van der Waals surface area contributed by atoms with Crippen LogP contribution >= 0.6 is 0 Å². The molecule has 1 aliphatic rings. The van der Waals surface area contributed by atoms with E-state index in [4.69, 9.17) is 0 Å². The minimum atomic E-state index is -0.526. The molecule has 2 nitrogen and oxygen atoms in total. The summed E-state index contributed by atoms with van der Waals surface area (Å²) in [6.07, 6.45) is 0. The minimum absolute atomic E-state index is 0.526. The number of aryl methyl sites for hydroxylation is 4. The molecule has 11 aromatic carbocycles. The van der Waals surface area contributed by atoms with E-state index in [1.54, 1.807) is 0 Å². The Balaban J connectivity index is 1.11. The summed E-state index contributed by atoms with van der Waals surface area (Å²) in [4.78, 5) is 0. The van der Waals surface area contributed by atoms with E-state index < -0.39 is 5.41 Å². The molecule has 0 saturated heterocycles. The summed E-state index contributed by atoms with van der Waals surface area (Å²) in [6, 6.07) is 83.0. The van der Waals surface area contributed by atoms with Crippen molar-refractivity contribution in [2.45, 2.75) is 19.3 Å². The van der Waals surface area contributed by atoms with Gasteiger partial charge < -0.3 is 9.13 Å². The summed E-state index contributed by atoms with van der Waals surface area (Å²) >= 11 is 0. The molecule has 326 valence electrons. The van der Waals surface area contributed by atoms with Gasteiger partial charge in [-0.2, -0.15) is 0 Å². The van der Waals surface area contributed by atoms with E-state index >= 15 is 0 Å². The van der Waals surface area contributed by atoms with E-state index in [0.717, 1.165) is 0 Å². The zero-order valence-electron chi connectivity index (χ0n) is 39.2. The SMILES string of the molecule is Cc1ccc(C2(c3ccc(C)cc3)c3ccccc3-c3c(-c4c5cccc(-c6ccc7c(c6)c6ccccc6n7C)c5cc5c(-c6ccc7c(c6)c6ccccc6n7C)cccc45)cccc32)cc1. The van der Waals surface area contributed by atoms with Crippen LogP contribution < -0.4 is 0 Å². The normalized spacial score (nSPS) is 13.0. The fraction of sp³-hybridized carbons (Fsp3) is 0.0746. The Morgan fingerprint density at radius 1 is 0.290 bits per heavy atom. The van der Waals surface area contributed by atoms with Crippen molar-refractivity contribution in [2.24, 2.45) is 14.1 Å². The van der Waals surface area contributed by atoms with Gasteiger partial charge in [-0.15, -0.1) is 0 Å². The zero-order valence-corrected chi connectivity index (χ0v) is 39.2. The van der Waals surface area contributed by atoms with Crippen molar-refractivity contribution in [1.29, 1.82) is 0 Å². The van der Waals surface area contributed by atoms with E-state index in [0.29, 0.717) is 0 Å². The fourth-order valence-electron chi connectivity index (χ4n) is 12.6. The van der Waals surface area contributed by atoms with Crippen molar-refractivity contribution in [3.63, 3.8) is 0 Å². The second-order valence-corrected chi connectivity index (χ2v) is 19.4. The number of rotatable bonds is 5. The van der Waals surface area contributed by atoms with Crippen LogP contribution in [0.5, 0.6) is 0 Å². The van der Waals surface area contributed by atoms with Crippen LogP contribution in [0, 0.1) is 13.8 Å². The molecule has 13 aromatic rings. The number of hydrogen-bond donors (Lipinski definition) is 0. The maximum Gasteiger partial charge on any atom is 0.0713 e. The van der Waals surface area contributed by atoms with Gasteiger partial charge in [-0.25, -0.2) is 0 Å². The van der Waals surface area contributed by atoms with Crippen LogP contribution in [0.3, 0.4) is 0 Å². The first-order valence-electron chi connectivity index (χ1n) is 24.2. The molecule has 2 heteroatoms. The molecule has 0 amide bonds. The Morgan fingerprint density at radius 3 is 1.26 bits per heavy atom. The van der Waals surface area contributed by atoms with Gasteiger partial charge in [-0.05, 0) is 145 Å². The van der Waals surface area contributed by atoms with Crippen LogP contribution in [0.25, 0.3) is 110 Å². The van der Waals surface area contributed by atoms with Gasteiger partial charge in [0.1, 0.15) is 0 Å². The van der Waals surface area contributed by atoms with Gasteiger partial charge in [-0.1, -0.05) is 187 Å². The first-order chi connectivity index (χ1) is 33.9. The van der Waals surface area contributed by atoms with Crippen molar-refractivity contribution in [3.8, 4) is 44.5 Å². The van der Waals surface area contributed by atoms with Crippen LogP contribution in [0.4, 0.5) is 0 Å². The monoisotopic (exact) mass is 880 g/mol. The van der Waals surface area contributed by atoms with Crippen LogP contribution in [-0.4, -0.2) is 9.13 Å². The van der Waals surface area contributed by atoms with Gasteiger partial charge in [0.2, 0.25) is 0 Å². The highest BCUT2D eigenvalue weighted by molar-refractivity contribution is 6.22. The molecule has 0 atom stereocenters. The summed E-state index contributed by atoms with van der Waals surface area (Å²) in [7, 11) is 4.36. The lowest BCUT2D eigenvalue weighted by atomic mass is 9.67. The highest BCUT2D eigenvalue weighted by atomic mass is 14.9. The summed E-state index contributed by atoms with van der Waals surface area (Å²) in [5.74, 6) is 0. The lowest BCUT2D eigenvalue weighted by Gasteiger charge is -2.34. The molecule has 2 aromatic heterocycles. The molecule has 0 radical (unpaired) electrons. The highest BCUT2D eigenvalue weighted by Gasteiger charge is 2.47. The number of benzene rings is 11. The summed E-state index contributed by atoms with van der Waals surface area (Å²) < 4.78 is 4.65. The van der Waals surface area contributed by atoms with Crippen LogP contribution in [0.15, 0.2) is 218 Å². The van der Waals surface area contributed by atoms with Gasteiger partial charge in [0.15, 0.2) is 0 Å². The molecule has 69 heavy (non-hydrogen) atoms. The zero-order chi connectivity index (χ0) is 46.1. The molecular weight excluding hydrogens is 833 g/mol. The predicted molar refractivity (Wildman–Crippen MR) is 293 cm³/mol. The number of para-hydroxylation sites is 2. The third-order valence-corrected chi connectivity index (χ3v) is 15.8. The average Bonchev–Trinajstić information content (AvgIpc) is 3.98. The van der Waals surface area contributed by atoms with Crippen LogP contribution in [-0.2, 0) is 19.5 Å². The van der Waals surface area contributed by atoms with Gasteiger partial charge in [0, 0.05) is 57.7 Å². The Hall–Kier alpha value is -8.46. The van der Waals surface area contributed by atoms with Crippen LogP contribution in [0.2, 0.25) is 0 Å². The fourth-order valence-corrected chi connectivity index (χ4v) is 12.6. The third kappa shape index (κ3) is 5.55. The van der Waals surface area contributed by atoms with Crippen molar-refractivity contribution >= 4 is 65.2 Å². The topological polar surface area (TPSA) is 9.86 Å². The Kier molecular flexibility index (Phi) is 8.49. The second-order valence-electron chi connectivity index (χ2n) is 19.4. The van der Waals surface area contributed by atoms with Gasteiger partial charge in [0.25, 0.3) is 0 Å². The van der Waals surface area contributed by atoms with E-state index in [9.17, 15) is 0 Å². The molecule has 0 bridgehead atoms. The third-order valence-electron chi connectivity index (χ3n) is 15.8. The number of aromatic nitrogens is 2. The van der Waals surface area contributed by atoms with Crippen molar-refractivity contribution in [3.05, 3.63) is 252 Å². The lowest BCUT2D eigenvalue weighted by molar-refractivity contribution is 0.767. The molecule has 2 heterocycles. The number of fused-ring (bicyclic) bond motifs is 11. The van der Waals surface area contributed by atoms with E-state index in [1.165, 1.54) is 143 Å². The predicted octanol–water partition coefficient (Wildman–Crippen LogP) is 17.3. The molecule has 0 unspecified atom stereocenters. The van der Waals surface area contributed by atoms with Crippen LogP contribution in [0.1, 0.15) is 33.4 Å². The molecule has 0 N–H and O–H groups in total. The molecule has 0 aliphatic heterocycles. The van der Waals surface area contributed by atoms with Crippen molar-refractivity contribution in [2.75, 3.05) is 0 Å². The lowest BCUT2D eigenvalue weighted by Crippen LogP contribution is -2.28. The number of hydrogen-bond acceptors (Lipinski definition) is 0. The van der Waals surface area contributed by atoms with E-state index in [1.807, 2.05) is 0 Å². The Bertz CT molecular complexity index is 4050. The summed E-state index contributed by atoms with van der Waals surface area (Å²) in [5, 5.41) is 10.1. The molecular formula is C67H48N2. The quantitative estimate of drug-likeness (QED) is 0.152. The van der Waals surface area contributed by atoms with E-state index in [2.05, 4.69) is 255 Å². The maximum atomic E-state index is 2.50.